The summed E-state index contributed by atoms with van der Waals surface area (Å²) in [5, 5.41) is 7.25. The first-order valence-corrected chi connectivity index (χ1v) is 8.49. The molecule has 1 N–H and O–H groups in total. The van der Waals surface area contributed by atoms with Crippen molar-refractivity contribution in [3.05, 3.63) is 47.3 Å². The first-order valence-electron chi connectivity index (χ1n) is 8.49. The van der Waals surface area contributed by atoms with Gasteiger partial charge in [0, 0.05) is 17.8 Å². The van der Waals surface area contributed by atoms with E-state index in [0.29, 0.717) is 19.4 Å². The van der Waals surface area contributed by atoms with Crippen LogP contribution in [-0.2, 0) is 20.7 Å². The zero-order chi connectivity index (χ0) is 18.4. The first-order chi connectivity index (χ1) is 11.9. The molecule has 2 rings (SSSR count). The van der Waals surface area contributed by atoms with E-state index in [1.54, 1.807) is 11.6 Å². The van der Waals surface area contributed by atoms with E-state index >= 15 is 0 Å². The number of hydrogen-bond donors (Lipinski definition) is 1. The van der Waals surface area contributed by atoms with Gasteiger partial charge in [-0.05, 0) is 57.9 Å². The summed E-state index contributed by atoms with van der Waals surface area (Å²) in [6, 6.07) is 9.05. The number of ether oxygens (including phenoxy) is 1. The number of esters is 1. The summed E-state index contributed by atoms with van der Waals surface area (Å²) >= 11 is 0. The number of hydrogen-bond acceptors (Lipinski definition) is 4. The lowest BCUT2D eigenvalue weighted by Crippen LogP contribution is -2.25. The van der Waals surface area contributed by atoms with Crippen molar-refractivity contribution >= 4 is 17.6 Å². The lowest BCUT2D eigenvalue weighted by molar-refractivity contribution is -0.143. The van der Waals surface area contributed by atoms with Gasteiger partial charge in [0.25, 0.3) is 0 Å². The average Bonchev–Trinajstić information content (AvgIpc) is 2.92. The molecule has 0 saturated carbocycles. The highest BCUT2D eigenvalue weighted by Gasteiger charge is 2.17. The van der Waals surface area contributed by atoms with Crippen molar-refractivity contribution in [1.29, 1.82) is 0 Å². The van der Waals surface area contributed by atoms with E-state index < -0.39 is 6.04 Å². The molecule has 134 valence electrons. The topological polar surface area (TPSA) is 73.2 Å². The number of carbonyl (C=O) groups is 2. The number of nitrogens with one attached hydrogen (secondary N) is 1. The van der Waals surface area contributed by atoms with Crippen molar-refractivity contribution in [3.8, 4) is 0 Å². The Morgan fingerprint density at radius 3 is 2.48 bits per heavy atom. The van der Waals surface area contributed by atoms with Crippen LogP contribution in [0.2, 0.25) is 0 Å². The van der Waals surface area contributed by atoms with Crippen LogP contribution in [0, 0.1) is 13.8 Å². The quantitative estimate of drug-likeness (QED) is 0.784. The van der Waals surface area contributed by atoms with Crippen molar-refractivity contribution in [2.45, 2.75) is 46.6 Å². The van der Waals surface area contributed by atoms with E-state index in [0.717, 1.165) is 22.6 Å². The van der Waals surface area contributed by atoms with Gasteiger partial charge in [-0.1, -0.05) is 12.1 Å². The van der Waals surface area contributed by atoms with E-state index in [1.807, 2.05) is 51.1 Å². The molecular formula is C19H25N3O3. The smallest absolute Gasteiger partial charge is 0.306 e. The minimum absolute atomic E-state index is 0.120. The van der Waals surface area contributed by atoms with Gasteiger partial charge in [-0.25, -0.2) is 0 Å². The number of nitrogens with zero attached hydrogens (tertiary/aromatic N) is 2. The molecule has 1 atom stereocenters. The maximum atomic E-state index is 12.4. The molecule has 0 radical (unpaired) electrons. The number of benzene rings is 1. The van der Waals surface area contributed by atoms with Crippen LogP contribution in [0.25, 0.3) is 0 Å². The third kappa shape index (κ3) is 5.17. The molecule has 0 fully saturated rings. The lowest BCUT2D eigenvalue weighted by atomic mass is 10.1. The van der Waals surface area contributed by atoms with Crippen LogP contribution in [-0.4, -0.2) is 28.3 Å². The predicted molar refractivity (Wildman–Crippen MR) is 96.4 cm³/mol. The average molecular weight is 343 g/mol. The fourth-order valence-electron chi connectivity index (χ4n) is 2.63. The van der Waals surface area contributed by atoms with Crippen molar-refractivity contribution in [3.63, 3.8) is 0 Å². The summed E-state index contributed by atoms with van der Waals surface area (Å²) in [5.74, 6) is -0.316. The fraction of sp³-hybridized carbons (Fsp3) is 0.421. The predicted octanol–water partition coefficient (Wildman–Crippen LogP) is 3.20. The maximum absolute atomic E-state index is 12.4. The number of rotatable bonds is 7. The van der Waals surface area contributed by atoms with Crippen LogP contribution >= 0.6 is 0 Å². The highest BCUT2D eigenvalue weighted by molar-refractivity contribution is 5.93. The van der Waals surface area contributed by atoms with Crippen LogP contribution in [0.3, 0.4) is 0 Å². The summed E-state index contributed by atoms with van der Waals surface area (Å²) in [6.07, 6.45) is 0.976. The van der Waals surface area contributed by atoms with Crippen molar-refractivity contribution in [2.75, 3.05) is 11.9 Å². The Labute approximate surface area is 148 Å². The van der Waals surface area contributed by atoms with Crippen LogP contribution < -0.4 is 5.32 Å². The molecule has 0 unspecified atom stereocenters. The highest BCUT2D eigenvalue weighted by atomic mass is 16.5. The van der Waals surface area contributed by atoms with E-state index in [2.05, 4.69) is 10.4 Å². The molecule has 6 nitrogen and oxygen atoms in total. The second-order valence-corrected chi connectivity index (χ2v) is 6.04. The minimum atomic E-state index is -0.391. The van der Waals surface area contributed by atoms with Gasteiger partial charge in [-0.15, -0.1) is 0 Å². The molecule has 1 heterocycles. The van der Waals surface area contributed by atoms with Gasteiger partial charge in [0.1, 0.15) is 6.04 Å². The van der Waals surface area contributed by atoms with Gasteiger partial charge in [-0.3, -0.25) is 14.3 Å². The molecule has 0 aliphatic heterocycles. The molecule has 1 aromatic heterocycles. The van der Waals surface area contributed by atoms with Crippen molar-refractivity contribution < 1.29 is 14.3 Å². The van der Waals surface area contributed by atoms with E-state index in [1.165, 1.54) is 0 Å². The zero-order valence-corrected chi connectivity index (χ0v) is 15.2. The standard InChI is InChI=1S/C19H25N3O3/c1-5-25-18(23)11-8-16-6-9-17(10-7-16)20-19(24)15(4)22-14(3)12-13(2)21-22/h6-7,9-10,12,15H,5,8,11H2,1-4H3,(H,20,24)/t15-/m0/s1. The molecule has 0 spiro atoms. The van der Waals surface area contributed by atoms with Crippen molar-refractivity contribution in [2.24, 2.45) is 0 Å². The molecule has 0 aliphatic rings. The number of anilines is 1. The molecule has 0 aliphatic carbocycles. The SMILES string of the molecule is CCOC(=O)CCc1ccc(NC(=O)[C@H](C)n2nc(C)cc2C)cc1. The van der Waals surface area contributed by atoms with Gasteiger partial charge in [-0.2, -0.15) is 5.10 Å². The largest absolute Gasteiger partial charge is 0.466 e. The van der Waals surface area contributed by atoms with Crippen LogP contribution in [0.5, 0.6) is 0 Å². The molecule has 2 aromatic rings. The Bertz CT molecular complexity index is 735. The molecule has 25 heavy (non-hydrogen) atoms. The minimum Gasteiger partial charge on any atom is -0.466 e. The molecule has 0 bridgehead atoms. The van der Waals surface area contributed by atoms with Gasteiger partial charge in [0.05, 0.1) is 12.3 Å². The first kappa shape index (κ1) is 18.7. The Kier molecular flexibility index (Phi) is 6.33. The van der Waals surface area contributed by atoms with Gasteiger partial charge >= 0.3 is 5.97 Å². The molecule has 6 heteroatoms. The third-order valence-electron chi connectivity index (χ3n) is 3.94. The number of aryl methyl sites for hydroxylation is 3. The molecule has 0 saturated heterocycles. The highest BCUT2D eigenvalue weighted by Crippen LogP contribution is 2.16. The van der Waals surface area contributed by atoms with E-state index in [4.69, 9.17) is 4.74 Å². The third-order valence-corrected chi connectivity index (χ3v) is 3.94. The summed E-state index contributed by atoms with van der Waals surface area (Å²) in [5.41, 5.74) is 3.59. The fourth-order valence-corrected chi connectivity index (χ4v) is 2.63. The lowest BCUT2D eigenvalue weighted by Gasteiger charge is -2.14. The number of aromatic nitrogens is 2. The Hall–Kier alpha value is -2.63. The summed E-state index contributed by atoms with van der Waals surface area (Å²) in [6.45, 7) is 7.85. The van der Waals surface area contributed by atoms with Gasteiger partial charge in [0.15, 0.2) is 0 Å². The van der Waals surface area contributed by atoms with E-state index in [-0.39, 0.29) is 11.9 Å². The molecular weight excluding hydrogens is 318 g/mol. The van der Waals surface area contributed by atoms with Crippen LogP contribution in [0.4, 0.5) is 5.69 Å². The maximum Gasteiger partial charge on any atom is 0.306 e. The monoisotopic (exact) mass is 343 g/mol. The second-order valence-electron chi connectivity index (χ2n) is 6.04. The van der Waals surface area contributed by atoms with E-state index in [9.17, 15) is 9.59 Å². The summed E-state index contributed by atoms with van der Waals surface area (Å²) in [7, 11) is 0. The summed E-state index contributed by atoms with van der Waals surface area (Å²) < 4.78 is 6.64. The zero-order valence-electron chi connectivity index (χ0n) is 15.2. The van der Waals surface area contributed by atoms with Crippen LogP contribution in [0.1, 0.15) is 43.3 Å². The molecule has 1 amide bonds. The number of carbonyl (C=O) groups excluding carboxylic acids is 2. The Morgan fingerprint density at radius 2 is 1.92 bits per heavy atom. The Balaban J connectivity index is 1.93. The second kappa shape index (κ2) is 8.46. The summed E-state index contributed by atoms with van der Waals surface area (Å²) in [4.78, 5) is 23.8. The Morgan fingerprint density at radius 1 is 1.24 bits per heavy atom. The normalized spacial score (nSPS) is 11.8. The number of amides is 1. The van der Waals surface area contributed by atoms with Crippen molar-refractivity contribution in [1.82, 2.24) is 9.78 Å². The molecule has 1 aromatic carbocycles. The van der Waals surface area contributed by atoms with Gasteiger partial charge in [0.2, 0.25) is 5.91 Å². The van der Waals surface area contributed by atoms with Gasteiger partial charge < -0.3 is 10.1 Å². The van der Waals surface area contributed by atoms with Crippen LogP contribution in [0.15, 0.2) is 30.3 Å².